The molecule has 0 amide bonds. The number of aromatic carboxylic acids is 1. The van der Waals surface area contributed by atoms with Crippen LogP contribution in [0.4, 0.5) is 5.69 Å². The molecule has 2 fully saturated rings. The molecule has 0 aromatic heterocycles. The molecule has 2 unspecified atom stereocenters. The van der Waals surface area contributed by atoms with Crippen LogP contribution in [0.25, 0.3) is 0 Å². The maximum atomic E-state index is 11.1. The Morgan fingerprint density at radius 1 is 1.28 bits per heavy atom. The summed E-state index contributed by atoms with van der Waals surface area (Å²) >= 11 is 0. The number of carboxylic acid groups (broad SMARTS) is 1. The van der Waals surface area contributed by atoms with Gasteiger partial charge >= 0.3 is 5.97 Å². The van der Waals surface area contributed by atoms with E-state index in [4.69, 9.17) is 20.3 Å². The number of hydrogen-bond acceptors (Lipinski definition) is 4. The number of hydrogen-bond donors (Lipinski definition) is 2. The fourth-order valence-electron chi connectivity index (χ4n) is 2.17. The lowest BCUT2D eigenvalue weighted by Crippen LogP contribution is -2.11. The van der Waals surface area contributed by atoms with Crippen LogP contribution >= 0.6 is 0 Å². The van der Waals surface area contributed by atoms with Gasteiger partial charge in [0.15, 0.2) is 0 Å². The van der Waals surface area contributed by atoms with Gasteiger partial charge in [0.1, 0.15) is 0 Å². The number of nitrogens with two attached hydrogens (primary N) is 1. The summed E-state index contributed by atoms with van der Waals surface area (Å²) < 4.78 is 10.4. The Morgan fingerprint density at radius 3 is 2.44 bits per heavy atom. The summed E-state index contributed by atoms with van der Waals surface area (Å²) in [6, 6.07) is 3.42. The molecule has 0 bridgehead atoms. The Balaban J connectivity index is 1.95. The third-order valence-corrected chi connectivity index (χ3v) is 3.37. The van der Waals surface area contributed by atoms with E-state index in [0.717, 1.165) is 30.8 Å². The quantitative estimate of drug-likeness (QED) is 0.596. The van der Waals surface area contributed by atoms with Gasteiger partial charge < -0.3 is 20.3 Å². The normalized spacial score (nSPS) is 24.9. The molecule has 0 aliphatic carbocycles. The van der Waals surface area contributed by atoms with Crippen molar-refractivity contribution < 1.29 is 19.4 Å². The van der Waals surface area contributed by atoms with Crippen molar-refractivity contribution in [2.24, 2.45) is 0 Å². The minimum Gasteiger partial charge on any atom is -0.478 e. The standard InChI is InChI=1S/C13H15NO4/c14-12-10(13(15)16)2-1-7(3-8-5-17-8)11(12)4-9-6-18-9/h1-2,8-9H,3-6,14H2,(H,15,16). The number of nitrogen functional groups attached to an aromatic ring is 1. The third-order valence-electron chi connectivity index (χ3n) is 3.37. The van der Waals surface area contributed by atoms with Gasteiger partial charge in [-0.15, -0.1) is 0 Å². The molecule has 0 saturated carbocycles. The molecule has 0 radical (unpaired) electrons. The smallest absolute Gasteiger partial charge is 0.337 e. The summed E-state index contributed by atoms with van der Waals surface area (Å²) in [5, 5.41) is 9.09. The molecule has 5 heteroatoms. The molecular weight excluding hydrogens is 234 g/mol. The molecule has 0 spiro atoms. The second-order valence-corrected chi connectivity index (χ2v) is 4.79. The Kier molecular flexibility index (Phi) is 2.72. The summed E-state index contributed by atoms with van der Waals surface area (Å²) in [5.74, 6) is -0.986. The van der Waals surface area contributed by atoms with E-state index in [1.165, 1.54) is 0 Å². The molecule has 3 rings (SSSR count). The molecule has 5 nitrogen and oxygen atoms in total. The molecule has 1 aromatic carbocycles. The summed E-state index contributed by atoms with van der Waals surface area (Å²) in [6.07, 6.45) is 1.94. The summed E-state index contributed by atoms with van der Waals surface area (Å²) in [4.78, 5) is 11.1. The minimum absolute atomic E-state index is 0.172. The highest BCUT2D eigenvalue weighted by Crippen LogP contribution is 2.29. The monoisotopic (exact) mass is 249 g/mol. The van der Waals surface area contributed by atoms with E-state index in [1.807, 2.05) is 6.07 Å². The van der Waals surface area contributed by atoms with Crippen LogP contribution < -0.4 is 5.73 Å². The third kappa shape index (κ3) is 2.32. The lowest BCUT2D eigenvalue weighted by atomic mass is 9.94. The van der Waals surface area contributed by atoms with Crippen molar-refractivity contribution >= 4 is 11.7 Å². The number of benzene rings is 1. The van der Waals surface area contributed by atoms with Crippen LogP contribution in [0.3, 0.4) is 0 Å². The summed E-state index contributed by atoms with van der Waals surface area (Å²) in [6.45, 7) is 1.51. The van der Waals surface area contributed by atoms with Crippen molar-refractivity contribution in [2.45, 2.75) is 25.0 Å². The second-order valence-electron chi connectivity index (χ2n) is 4.79. The highest BCUT2D eigenvalue weighted by atomic mass is 16.6. The Hall–Kier alpha value is -1.59. The zero-order valence-corrected chi connectivity index (χ0v) is 9.89. The number of carboxylic acids is 1. The fraction of sp³-hybridized carbons (Fsp3) is 0.462. The molecule has 2 aliphatic rings. The van der Waals surface area contributed by atoms with Crippen LogP contribution in [0.1, 0.15) is 21.5 Å². The van der Waals surface area contributed by atoms with Crippen molar-refractivity contribution in [3.8, 4) is 0 Å². The molecular formula is C13H15NO4. The number of carbonyl (C=O) groups is 1. The van der Waals surface area contributed by atoms with E-state index in [2.05, 4.69) is 0 Å². The first-order valence-electron chi connectivity index (χ1n) is 6.02. The first kappa shape index (κ1) is 11.5. The van der Waals surface area contributed by atoms with Gasteiger partial charge in [-0.2, -0.15) is 0 Å². The second kappa shape index (κ2) is 4.26. The molecule has 2 atom stereocenters. The van der Waals surface area contributed by atoms with E-state index in [0.29, 0.717) is 12.1 Å². The average molecular weight is 249 g/mol. The van der Waals surface area contributed by atoms with Crippen LogP contribution in [0.5, 0.6) is 0 Å². The van der Waals surface area contributed by atoms with Gasteiger partial charge in [0.25, 0.3) is 0 Å². The number of rotatable bonds is 5. The van der Waals surface area contributed by atoms with E-state index in [1.54, 1.807) is 6.07 Å². The molecule has 2 heterocycles. The predicted molar refractivity (Wildman–Crippen MR) is 64.7 cm³/mol. The van der Waals surface area contributed by atoms with Gasteiger partial charge in [-0.05, 0) is 17.2 Å². The van der Waals surface area contributed by atoms with Crippen LogP contribution in [0, 0.1) is 0 Å². The zero-order valence-electron chi connectivity index (χ0n) is 9.89. The molecule has 2 aliphatic heterocycles. The Labute approximate surface area is 104 Å². The SMILES string of the molecule is Nc1c(C(=O)O)ccc(CC2CO2)c1CC1CO1. The van der Waals surface area contributed by atoms with E-state index >= 15 is 0 Å². The lowest BCUT2D eigenvalue weighted by molar-refractivity contribution is 0.0698. The minimum atomic E-state index is -0.986. The van der Waals surface area contributed by atoms with Crippen molar-refractivity contribution in [3.05, 3.63) is 28.8 Å². The van der Waals surface area contributed by atoms with E-state index < -0.39 is 5.97 Å². The first-order valence-corrected chi connectivity index (χ1v) is 6.02. The highest BCUT2D eigenvalue weighted by Gasteiger charge is 2.29. The number of ether oxygens (including phenoxy) is 2. The Morgan fingerprint density at radius 2 is 1.89 bits per heavy atom. The Bertz CT molecular complexity index is 492. The largest absolute Gasteiger partial charge is 0.478 e. The predicted octanol–water partition coefficient (Wildman–Crippen LogP) is 0.850. The average Bonchev–Trinajstić information content (AvgIpc) is 3.18. The highest BCUT2D eigenvalue weighted by molar-refractivity contribution is 5.94. The maximum Gasteiger partial charge on any atom is 0.337 e. The van der Waals surface area contributed by atoms with Crippen molar-refractivity contribution in [1.82, 2.24) is 0 Å². The molecule has 3 N–H and O–H groups in total. The number of anilines is 1. The summed E-state index contributed by atoms with van der Waals surface area (Å²) in [5.41, 5.74) is 8.51. The van der Waals surface area contributed by atoms with Crippen LogP contribution in [0.15, 0.2) is 12.1 Å². The number of epoxide rings is 2. The van der Waals surface area contributed by atoms with Gasteiger partial charge in [0.05, 0.1) is 31.0 Å². The molecule has 1 aromatic rings. The van der Waals surface area contributed by atoms with Crippen molar-refractivity contribution in [2.75, 3.05) is 18.9 Å². The van der Waals surface area contributed by atoms with Crippen LogP contribution in [-0.4, -0.2) is 36.5 Å². The summed E-state index contributed by atoms with van der Waals surface area (Å²) in [7, 11) is 0. The van der Waals surface area contributed by atoms with Crippen LogP contribution in [0.2, 0.25) is 0 Å². The van der Waals surface area contributed by atoms with Gasteiger partial charge in [-0.1, -0.05) is 6.07 Å². The molecule has 96 valence electrons. The van der Waals surface area contributed by atoms with Crippen molar-refractivity contribution in [3.63, 3.8) is 0 Å². The van der Waals surface area contributed by atoms with E-state index in [9.17, 15) is 4.79 Å². The topological polar surface area (TPSA) is 88.4 Å². The van der Waals surface area contributed by atoms with Gasteiger partial charge in [0.2, 0.25) is 0 Å². The zero-order chi connectivity index (χ0) is 12.7. The van der Waals surface area contributed by atoms with Crippen LogP contribution in [-0.2, 0) is 22.3 Å². The lowest BCUT2D eigenvalue weighted by Gasteiger charge is -2.13. The van der Waals surface area contributed by atoms with Gasteiger partial charge in [0, 0.05) is 18.5 Å². The first-order chi connectivity index (χ1) is 8.65. The van der Waals surface area contributed by atoms with Crippen molar-refractivity contribution in [1.29, 1.82) is 0 Å². The molecule has 18 heavy (non-hydrogen) atoms. The molecule has 2 saturated heterocycles. The fourth-order valence-corrected chi connectivity index (χ4v) is 2.17. The maximum absolute atomic E-state index is 11.1. The van der Waals surface area contributed by atoms with Gasteiger partial charge in [-0.25, -0.2) is 4.79 Å². The van der Waals surface area contributed by atoms with Gasteiger partial charge in [-0.3, -0.25) is 0 Å². The van der Waals surface area contributed by atoms with E-state index in [-0.39, 0.29) is 17.8 Å².